The van der Waals surface area contributed by atoms with Gasteiger partial charge in [-0.15, -0.1) is 0 Å². The van der Waals surface area contributed by atoms with Gasteiger partial charge in [-0.3, -0.25) is 9.69 Å². The molecule has 0 bridgehead atoms. The number of rotatable bonds is 5. The Hall–Kier alpha value is -2.14. The number of nitrogens with zero attached hydrogens (tertiary/aromatic N) is 3. The number of hydrogen-bond donors (Lipinski definition) is 0. The number of carbonyl (C=O) groups excluding carboxylic acids is 1. The number of likely N-dealkylation sites (tertiary alicyclic amines) is 2. The largest absolute Gasteiger partial charge is 0.361 e. The van der Waals surface area contributed by atoms with Gasteiger partial charge in [0.2, 0.25) is 5.91 Å². The van der Waals surface area contributed by atoms with Crippen LogP contribution in [0.15, 0.2) is 28.8 Å². The molecule has 1 aromatic carbocycles. The molecule has 0 N–H and O–H groups in total. The number of amides is 1. The molecule has 0 aliphatic carbocycles. The van der Waals surface area contributed by atoms with Gasteiger partial charge in [-0.2, -0.15) is 0 Å². The lowest BCUT2D eigenvalue weighted by Crippen LogP contribution is -2.41. The third kappa shape index (κ3) is 3.86. The lowest BCUT2D eigenvalue weighted by Gasteiger charge is -2.38. The first kappa shape index (κ1) is 19.2. The van der Waals surface area contributed by atoms with Crippen LogP contribution in [0.2, 0.25) is 0 Å². The van der Waals surface area contributed by atoms with Crippen LogP contribution in [0.3, 0.4) is 0 Å². The molecule has 5 heteroatoms. The molecular formula is C23H31N3O2. The van der Waals surface area contributed by atoms with Gasteiger partial charge in [0.25, 0.3) is 0 Å². The monoisotopic (exact) mass is 381 g/mol. The standard InChI is InChI=1S/C23H31N3O2/c1-4-19-5-7-20(8-6-19)14-25-11-9-23(10-12-25)13-22(27)26(16-23)15-21-17(2)24-28-18(21)3/h5-8H,4,9-16H2,1-3H3. The molecule has 2 aliphatic heterocycles. The van der Waals surface area contributed by atoms with E-state index < -0.39 is 0 Å². The first-order valence-electron chi connectivity index (χ1n) is 10.5. The third-order valence-corrected chi connectivity index (χ3v) is 6.69. The Balaban J connectivity index is 1.34. The Kier molecular flexibility index (Phi) is 5.28. The van der Waals surface area contributed by atoms with E-state index in [1.807, 2.05) is 18.7 Å². The van der Waals surface area contributed by atoms with Gasteiger partial charge in [0.1, 0.15) is 5.76 Å². The molecular weight excluding hydrogens is 350 g/mol. The summed E-state index contributed by atoms with van der Waals surface area (Å²) < 4.78 is 5.27. The van der Waals surface area contributed by atoms with Crippen molar-refractivity contribution in [3.63, 3.8) is 0 Å². The van der Waals surface area contributed by atoms with Crippen molar-refractivity contribution in [2.75, 3.05) is 19.6 Å². The predicted octanol–water partition coefficient (Wildman–Crippen LogP) is 3.87. The number of benzene rings is 1. The quantitative estimate of drug-likeness (QED) is 0.789. The minimum absolute atomic E-state index is 0.151. The maximum atomic E-state index is 12.7. The summed E-state index contributed by atoms with van der Waals surface area (Å²) in [5.74, 6) is 1.11. The topological polar surface area (TPSA) is 49.6 Å². The summed E-state index contributed by atoms with van der Waals surface area (Å²) in [6, 6.07) is 8.99. The van der Waals surface area contributed by atoms with Gasteiger partial charge in [-0.25, -0.2) is 0 Å². The summed E-state index contributed by atoms with van der Waals surface area (Å²) in [7, 11) is 0. The summed E-state index contributed by atoms with van der Waals surface area (Å²) in [5.41, 5.74) is 4.90. The van der Waals surface area contributed by atoms with Gasteiger partial charge in [0.15, 0.2) is 0 Å². The van der Waals surface area contributed by atoms with Crippen molar-refractivity contribution in [3.8, 4) is 0 Å². The van der Waals surface area contributed by atoms with E-state index in [0.717, 1.165) is 62.5 Å². The number of hydrogen-bond acceptors (Lipinski definition) is 4. The molecule has 3 heterocycles. The summed E-state index contributed by atoms with van der Waals surface area (Å²) in [4.78, 5) is 17.2. The normalized spacial score (nSPS) is 19.7. The zero-order chi connectivity index (χ0) is 19.7. The first-order chi connectivity index (χ1) is 13.5. The van der Waals surface area contributed by atoms with Crippen molar-refractivity contribution in [2.24, 2.45) is 5.41 Å². The zero-order valence-corrected chi connectivity index (χ0v) is 17.3. The van der Waals surface area contributed by atoms with Crippen LogP contribution < -0.4 is 0 Å². The van der Waals surface area contributed by atoms with Gasteiger partial charge >= 0.3 is 0 Å². The fraction of sp³-hybridized carbons (Fsp3) is 0.565. The second-order valence-corrected chi connectivity index (χ2v) is 8.68. The van der Waals surface area contributed by atoms with Crippen LogP contribution in [0, 0.1) is 19.3 Å². The Morgan fingerprint density at radius 1 is 1.07 bits per heavy atom. The fourth-order valence-corrected chi connectivity index (χ4v) is 4.70. The predicted molar refractivity (Wildman–Crippen MR) is 109 cm³/mol. The van der Waals surface area contributed by atoms with E-state index in [9.17, 15) is 4.79 Å². The molecule has 0 radical (unpaired) electrons. The lowest BCUT2D eigenvalue weighted by molar-refractivity contribution is -0.128. The molecule has 150 valence electrons. The van der Waals surface area contributed by atoms with E-state index in [4.69, 9.17) is 4.52 Å². The first-order valence-corrected chi connectivity index (χ1v) is 10.5. The number of carbonyl (C=O) groups is 1. The molecule has 2 aromatic rings. The molecule has 1 amide bonds. The summed E-state index contributed by atoms with van der Waals surface area (Å²) >= 11 is 0. The van der Waals surface area contributed by atoms with Crippen molar-refractivity contribution in [1.82, 2.24) is 15.0 Å². The SMILES string of the molecule is CCc1ccc(CN2CCC3(CC2)CC(=O)N(Cc2c(C)noc2C)C3)cc1. The molecule has 1 spiro atoms. The maximum absolute atomic E-state index is 12.7. The van der Waals surface area contributed by atoms with Crippen LogP contribution in [-0.4, -0.2) is 40.5 Å². The highest BCUT2D eigenvalue weighted by molar-refractivity contribution is 5.79. The van der Waals surface area contributed by atoms with Crippen LogP contribution in [0.1, 0.15) is 54.3 Å². The Bertz CT molecular complexity index is 813. The maximum Gasteiger partial charge on any atom is 0.223 e. The van der Waals surface area contributed by atoms with E-state index in [1.54, 1.807) is 0 Å². The second-order valence-electron chi connectivity index (χ2n) is 8.68. The van der Waals surface area contributed by atoms with Crippen molar-refractivity contribution in [1.29, 1.82) is 0 Å². The van der Waals surface area contributed by atoms with E-state index in [0.29, 0.717) is 13.0 Å². The average Bonchev–Trinajstić information content (AvgIpc) is 3.18. The van der Waals surface area contributed by atoms with Gasteiger partial charge in [0.05, 0.1) is 12.2 Å². The average molecular weight is 382 g/mol. The van der Waals surface area contributed by atoms with E-state index in [1.165, 1.54) is 11.1 Å². The number of aromatic nitrogens is 1. The fourth-order valence-electron chi connectivity index (χ4n) is 4.70. The smallest absolute Gasteiger partial charge is 0.223 e. The molecule has 2 fully saturated rings. The Labute approximate surface area is 167 Å². The molecule has 0 unspecified atom stereocenters. The summed E-state index contributed by atoms with van der Waals surface area (Å²) in [5, 5.41) is 4.03. The second kappa shape index (κ2) is 7.70. The highest BCUT2D eigenvalue weighted by Crippen LogP contribution is 2.42. The van der Waals surface area contributed by atoms with Crippen LogP contribution in [0.5, 0.6) is 0 Å². The van der Waals surface area contributed by atoms with Crippen LogP contribution in [0.25, 0.3) is 0 Å². The molecule has 0 atom stereocenters. The molecule has 4 rings (SSSR count). The van der Waals surface area contributed by atoms with Gasteiger partial charge in [-0.1, -0.05) is 36.3 Å². The number of piperidine rings is 1. The van der Waals surface area contributed by atoms with Crippen LogP contribution in [-0.2, 0) is 24.3 Å². The van der Waals surface area contributed by atoms with Crippen molar-refractivity contribution in [3.05, 3.63) is 52.4 Å². The van der Waals surface area contributed by atoms with Crippen LogP contribution in [0.4, 0.5) is 0 Å². The van der Waals surface area contributed by atoms with Crippen molar-refractivity contribution in [2.45, 2.75) is 59.5 Å². The molecule has 28 heavy (non-hydrogen) atoms. The number of aryl methyl sites for hydroxylation is 3. The lowest BCUT2D eigenvalue weighted by atomic mass is 9.77. The summed E-state index contributed by atoms with van der Waals surface area (Å²) in [6.45, 7) is 10.7. The van der Waals surface area contributed by atoms with Crippen molar-refractivity contribution < 1.29 is 9.32 Å². The van der Waals surface area contributed by atoms with Crippen LogP contribution >= 0.6 is 0 Å². The third-order valence-electron chi connectivity index (χ3n) is 6.69. The van der Waals surface area contributed by atoms with Crippen molar-refractivity contribution >= 4 is 5.91 Å². The van der Waals surface area contributed by atoms with Gasteiger partial charge in [-0.05, 0) is 62.7 Å². The molecule has 2 aliphatic rings. The van der Waals surface area contributed by atoms with E-state index in [-0.39, 0.29) is 11.3 Å². The highest BCUT2D eigenvalue weighted by Gasteiger charge is 2.45. The Morgan fingerprint density at radius 3 is 2.36 bits per heavy atom. The van der Waals surface area contributed by atoms with E-state index >= 15 is 0 Å². The minimum Gasteiger partial charge on any atom is -0.361 e. The van der Waals surface area contributed by atoms with Gasteiger partial charge < -0.3 is 9.42 Å². The van der Waals surface area contributed by atoms with E-state index in [2.05, 4.69) is 41.2 Å². The Morgan fingerprint density at radius 2 is 1.75 bits per heavy atom. The summed E-state index contributed by atoms with van der Waals surface area (Å²) in [6.07, 6.45) is 3.98. The van der Waals surface area contributed by atoms with Gasteiger partial charge in [0, 0.05) is 25.1 Å². The minimum atomic E-state index is 0.151. The molecule has 0 saturated carbocycles. The highest BCUT2D eigenvalue weighted by atomic mass is 16.5. The molecule has 1 aromatic heterocycles. The molecule has 5 nitrogen and oxygen atoms in total. The molecule has 2 saturated heterocycles. The zero-order valence-electron chi connectivity index (χ0n) is 17.3.